The zero-order chi connectivity index (χ0) is 19.6. The molecule has 0 radical (unpaired) electrons. The van der Waals surface area contributed by atoms with Gasteiger partial charge in [0.15, 0.2) is 0 Å². The molecule has 2 fully saturated rings. The van der Waals surface area contributed by atoms with Crippen LogP contribution in [0.4, 0.5) is 5.69 Å². The minimum atomic E-state index is -3.58. The van der Waals surface area contributed by atoms with Crippen molar-refractivity contribution in [2.75, 3.05) is 45.2 Å². The highest BCUT2D eigenvalue weighted by Crippen LogP contribution is 2.30. The summed E-state index contributed by atoms with van der Waals surface area (Å²) in [7, 11) is -0.547. The third kappa shape index (κ3) is 4.29. The molecular weight excluding hydrogens is 362 g/mol. The van der Waals surface area contributed by atoms with Gasteiger partial charge >= 0.3 is 0 Å². The van der Waals surface area contributed by atoms with Crippen molar-refractivity contribution in [3.8, 4) is 0 Å². The zero-order valence-electron chi connectivity index (χ0n) is 16.6. The van der Waals surface area contributed by atoms with Crippen LogP contribution in [0.1, 0.15) is 49.4 Å². The molecule has 6 nitrogen and oxygen atoms in total. The zero-order valence-corrected chi connectivity index (χ0v) is 17.5. The van der Waals surface area contributed by atoms with Crippen molar-refractivity contribution in [2.24, 2.45) is 5.92 Å². The van der Waals surface area contributed by atoms with Crippen molar-refractivity contribution in [3.05, 3.63) is 23.8 Å². The highest BCUT2D eigenvalue weighted by Gasteiger charge is 2.28. The first-order chi connectivity index (χ1) is 12.8. The van der Waals surface area contributed by atoms with Gasteiger partial charge in [-0.3, -0.25) is 4.79 Å². The third-order valence-corrected chi connectivity index (χ3v) is 7.43. The monoisotopic (exact) mass is 393 g/mol. The van der Waals surface area contributed by atoms with E-state index >= 15 is 0 Å². The topological polar surface area (TPSA) is 60.9 Å². The van der Waals surface area contributed by atoms with Crippen LogP contribution in [0.25, 0.3) is 0 Å². The maximum atomic E-state index is 13.3. The Balaban J connectivity index is 2.02. The highest BCUT2D eigenvalue weighted by atomic mass is 32.2. The van der Waals surface area contributed by atoms with E-state index in [-0.39, 0.29) is 10.8 Å². The predicted octanol–water partition coefficient (Wildman–Crippen LogP) is 2.80. The van der Waals surface area contributed by atoms with E-state index in [4.69, 9.17) is 0 Å². The van der Waals surface area contributed by atoms with Crippen LogP contribution in [0.5, 0.6) is 0 Å². The fourth-order valence-electron chi connectivity index (χ4n) is 4.01. The van der Waals surface area contributed by atoms with E-state index < -0.39 is 10.0 Å². The molecule has 2 heterocycles. The summed E-state index contributed by atoms with van der Waals surface area (Å²) < 4.78 is 26.4. The fraction of sp³-hybridized carbons (Fsp3) is 0.650. The summed E-state index contributed by atoms with van der Waals surface area (Å²) in [4.78, 5) is 17.7. The van der Waals surface area contributed by atoms with Crippen molar-refractivity contribution in [1.29, 1.82) is 0 Å². The van der Waals surface area contributed by atoms with Crippen LogP contribution in [-0.4, -0.2) is 63.8 Å². The number of hydrogen-bond acceptors (Lipinski definition) is 4. The third-order valence-electron chi connectivity index (χ3n) is 5.62. The molecule has 1 amide bonds. The van der Waals surface area contributed by atoms with Crippen LogP contribution in [0.2, 0.25) is 0 Å². The van der Waals surface area contributed by atoms with Gasteiger partial charge in [0.2, 0.25) is 10.0 Å². The Labute approximate surface area is 163 Å². The Bertz CT molecular complexity index is 786. The minimum absolute atomic E-state index is 0.0436. The van der Waals surface area contributed by atoms with E-state index in [9.17, 15) is 13.2 Å². The molecule has 1 aromatic carbocycles. The van der Waals surface area contributed by atoms with Gasteiger partial charge in [-0.1, -0.05) is 6.92 Å². The molecule has 0 aromatic heterocycles. The second-order valence-electron chi connectivity index (χ2n) is 8.01. The normalized spacial score (nSPS) is 21.6. The lowest BCUT2D eigenvalue weighted by Gasteiger charge is -2.34. The highest BCUT2D eigenvalue weighted by molar-refractivity contribution is 7.89. The number of hydrogen-bond donors (Lipinski definition) is 0. The summed E-state index contributed by atoms with van der Waals surface area (Å²) in [5.41, 5.74) is 1.39. The molecule has 2 aliphatic rings. The lowest BCUT2D eigenvalue weighted by Crippen LogP contribution is -2.40. The SMILES string of the molecule is CC1CCCN(C(=O)c2cc(S(=O)(=O)N(C)C)ccc2N2CCCCC2)C1. The number of nitrogens with zero attached hydrogens (tertiary/aromatic N) is 3. The standard InChI is InChI=1S/C20H31N3O3S/c1-16-8-7-13-23(15-16)20(24)18-14-17(27(25,26)21(2)3)9-10-19(18)22-11-5-4-6-12-22/h9-10,14,16H,4-8,11-13,15H2,1-3H3. The quantitative estimate of drug-likeness (QED) is 0.789. The molecule has 1 aromatic rings. The minimum Gasteiger partial charge on any atom is -0.371 e. The van der Waals surface area contributed by atoms with Gasteiger partial charge in [0.05, 0.1) is 10.5 Å². The molecule has 0 aliphatic carbocycles. The van der Waals surface area contributed by atoms with E-state index in [1.807, 2.05) is 11.0 Å². The molecule has 2 aliphatic heterocycles. The molecule has 1 unspecified atom stereocenters. The molecule has 0 spiro atoms. The summed E-state index contributed by atoms with van der Waals surface area (Å²) in [5, 5.41) is 0. The summed E-state index contributed by atoms with van der Waals surface area (Å²) in [6.45, 7) is 5.47. The number of rotatable bonds is 4. The van der Waals surface area contributed by atoms with Gasteiger partial charge in [0.25, 0.3) is 5.91 Å². The molecule has 1 atom stereocenters. The van der Waals surface area contributed by atoms with E-state index in [1.54, 1.807) is 12.1 Å². The van der Waals surface area contributed by atoms with Crippen molar-refractivity contribution in [1.82, 2.24) is 9.21 Å². The second-order valence-corrected chi connectivity index (χ2v) is 10.2. The molecule has 27 heavy (non-hydrogen) atoms. The van der Waals surface area contributed by atoms with Crippen LogP contribution in [0, 0.1) is 5.92 Å². The molecule has 0 N–H and O–H groups in total. The van der Waals surface area contributed by atoms with Crippen LogP contribution in [0.3, 0.4) is 0 Å². The van der Waals surface area contributed by atoms with E-state index in [1.165, 1.54) is 24.8 Å². The van der Waals surface area contributed by atoms with Crippen molar-refractivity contribution >= 4 is 21.6 Å². The molecule has 0 bridgehead atoms. The first-order valence-electron chi connectivity index (χ1n) is 9.91. The number of piperidine rings is 2. The lowest BCUT2D eigenvalue weighted by molar-refractivity contribution is 0.0683. The van der Waals surface area contributed by atoms with Gasteiger partial charge in [-0.25, -0.2) is 12.7 Å². The molecular formula is C20H31N3O3S. The van der Waals surface area contributed by atoms with Crippen molar-refractivity contribution < 1.29 is 13.2 Å². The van der Waals surface area contributed by atoms with Crippen LogP contribution < -0.4 is 4.90 Å². The summed E-state index contributed by atoms with van der Waals surface area (Å²) >= 11 is 0. The smallest absolute Gasteiger partial charge is 0.256 e. The summed E-state index contributed by atoms with van der Waals surface area (Å²) in [5.74, 6) is 0.438. The Hall–Kier alpha value is -1.60. The Morgan fingerprint density at radius 3 is 2.41 bits per heavy atom. The van der Waals surface area contributed by atoms with Gasteiger partial charge in [-0.2, -0.15) is 0 Å². The Kier molecular flexibility index (Phi) is 6.11. The molecule has 0 saturated carbocycles. The maximum absolute atomic E-state index is 13.3. The summed E-state index contributed by atoms with van der Waals surface area (Å²) in [6, 6.07) is 5.04. The number of amides is 1. The average Bonchev–Trinajstić information content (AvgIpc) is 2.67. The Morgan fingerprint density at radius 1 is 1.07 bits per heavy atom. The number of sulfonamides is 1. The number of likely N-dealkylation sites (tertiary alicyclic amines) is 1. The fourth-order valence-corrected chi connectivity index (χ4v) is 4.94. The molecule has 2 saturated heterocycles. The van der Waals surface area contributed by atoms with Crippen LogP contribution >= 0.6 is 0 Å². The van der Waals surface area contributed by atoms with Gasteiger partial charge < -0.3 is 9.80 Å². The van der Waals surface area contributed by atoms with E-state index in [2.05, 4.69) is 11.8 Å². The molecule has 3 rings (SSSR count). The number of carbonyl (C=O) groups is 1. The van der Waals surface area contributed by atoms with Gasteiger partial charge in [0, 0.05) is 46.0 Å². The largest absolute Gasteiger partial charge is 0.371 e. The second kappa shape index (κ2) is 8.19. The predicted molar refractivity (Wildman–Crippen MR) is 108 cm³/mol. The number of carbonyl (C=O) groups excluding carboxylic acids is 1. The van der Waals surface area contributed by atoms with Crippen LogP contribution in [-0.2, 0) is 10.0 Å². The van der Waals surface area contributed by atoms with E-state index in [0.717, 1.165) is 57.5 Å². The van der Waals surface area contributed by atoms with E-state index in [0.29, 0.717) is 11.5 Å². The average molecular weight is 394 g/mol. The van der Waals surface area contributed by atoms with Gasteiger partial charge in [-0.05, 0) is 56.2 Å². The maximum Gasteiger partial charge on any atom is 0.256 e. The first kappa shape index (κ1) is 20.1. The Morgan fingerprint density at radius 2 is 1.78 bits per heavy atom. The number of benzene rings is 1. The summed E-state index contributed by atoms with van der Waals surface area (Å²) in [6.07, 6.45) is 5.55. The van der Waals surface area contributed by atoms with Gasteiger partial charge in [0.1, 0.15) is 0 Å². The molecule has 7 heteroatoms. The van der Waals surface area contributed by atoms with Crippen LogP contribution in [0.15, 0.2) is 23.1 Å². The van der Waals surface area contributed by atoms with Crippen molar-refractivity contribution in [2.45, 2.75) is 43.9 Å². The number of anilines is 1. The first-order valence-corrected chi connectivity index (χ1v) is 11.4. The van der Waals surface area contributed by atoms with Gasteiger partial charge in [-0.15, -0.1) is 0 Å². The lowest BCUT2D eigenvalue weighted by atomic mass is 9.99. The van der Waals surface area contributed by atoms with Crippen molar-refractivity contribution in [3.63, 3.8) is 0 Å². The molecule has 150 valence electrons.